The molecule has 3 aromatic rings. The Morgan fingerprint density at radius 1 is 1.10 bits per heavy atom. The molecule has 0 unspecified atom stereocenters. The highest BCUT2D eigenvalue weighted by molar-refractivity contribution is 7.14. The first kappa shape index (κ1) is 37.0. The van der Waals surface area contributed by atoms with Crippen LogP contribution >= 0.6 is 11.3 Å². The first-order chi connectivity index (χ1) is 22.5. The number of pyridine rings is 1. The smallest absolute Gasteiger partial charge is 0.323 e. The average Bonchev–Trinajstić information content (AvgIpc) is 3.44. The van der Waals surface area contributed by atoms with Crippen LogP contribution in [0.2, 0.25) is 0 Å². The molecule has 11 heteroatoms. The Kier molecular flexibility index (Phi) is 11.7. The normalized spacial score (nSPS) is 15.0. The maximum absolute atomic E-state index is 14.1. The number of aryl methyl sites for hydroxylation is 1. The first-order valence-corrected chi connectivity index (χ1v) is 17.5. The van der Waals surface area contributed by atoms with Crippen molar-refractivity contribution in [2.45, 2.75) is 85.9 Å². The van der Waals surface area contributed by atoms with E-state index in [1.54, 1.807) is 18.7 Å². The number of amides is 4. The molecule has 1 aliphatic rings. The number of ether oxygens (including phenoxy) is 1. The van der Waals surface area contributed by atoms with E-state index in [-0.39, 0.29) is 23.3 Å². The molecular weight excluding hydrogens is 625 g/mol. The largest absolute Gasteiger partial charge is 0.380 e. The minimum absolute atomic E-state index is 0.0464. The van der Waals surface area contributed by atoms with Gasteiger partial charge >= 0.3 is 6.03 Å². The number of rotatable bonds is 11. The number of anilines is 2. The van der Waals surface area contributed by atoms with Crippen LogP contribution < -0.4 is 10.6 Å². The number of nitrogens with zero attached hydrogens (tertiary/aromatic N) is 4. The summed E-state index contributed by atoms with van der Waals surface area (Å²) in [4.78, 5) is 52.6. The third-order valence-electron chi connectivity index (χ3n) is 8.69. The van der Waals surface area contributed by atoms with Gasteiger partial charge in [-0.25, -0.2) is 4.79 Å². The van der Waals surface area contributed by atoms with Gasteiger partial charge < -0.3 is 25.2 Å². The molecule has 260 valence electrons. The molecule has 0 atom stereocenters. The van der Waals surface area contributed by atoms with Crippen molar-refractivity contribution in [2.75, 3.05) is 50.5 Å². The molecule has 0 aliphatic carbocycles. The van der Waals surface area contributed by atoms with Crippen molar-refractivity contribution in [3.63, 3.8) is 0 Å². The van der Waals surface area contributed by atoms with Gasteiger partial charge in [0.1, 0.15) is 10.4 Å². The van der Waals surface area contributed by atoms with Gasteiger partial charge in [0.25, 0.3) is 5.91 Å². The zero-order chi connectivity index (χ0) is 35.4. The Labute approximate surface area is 289 Å². The standard InChI is InChI=1S/C37H52N6O4S/c1-11-47-19-18-41(10)23-28-15-13-26(22-38-28)29-20-27(14-12-25(29)4)39-35(46)40-30-21-31(36(5,6)7)48-32(30)33(44)43-17-16-42(24(2)3)34(45)37(43,8)9/h12-15,20-22,24H,11,16-19,23H2,1-10H3,(H2,39,40,46). The number of aromatic nitrogens is 1. The highest BCUT2D eigenvalue weighted by atomic mass is 32.1. The lowest BCUT2D eigenvalue weighted by molar-refractivity contribution is -0.148. The van der Waals surface area contributed by atoms with Gasteiger partial charge in [-0.1, -0.05) is 32.9 Å². The van der Waals surface area contributed by atoms with Crippen molar-refractivity contribution >= 4 is 40.6 Å². The highest BCUT2D eigenvalue weighted by Crippen LogP contribution is 2.38. The molecule has 0 saturated carbocycles. The van der Waals surface area contributed by atoms with Crippen LogP contribution in [0, 0.1) is 6.92 Å². The van der Waals surface area contributed by atoms with E-state index in [0.717, 1.165) is 40.4 Å². The summed E-state index contributed by atoms with van der Waals surface area (Å²) in [6.07, 6.45) is 1.86. The number of thiophene rings is 1. The summed E-state index contributed by atoms with van der Waals surface area (Å²) in [6.45, 7) is 21.6. The topological polar surface area (TPSA) is 107 Å². The number of nitrogens with one attached hydrogen (secondary N) is 2. The number of benzene rings is 1. The molecule has 0 radical (unpaired) electrons. The predicted molar refractivity (Wildman–Crippen MR) is 195 cm³/mol. The lowest BCUT2D eigenvalue weighted by Crippen LogP contribution is -2.65. The molecule has 1 fully saturated rings. The Balaban J connectivity index is 1.52. The molecule has 4 amide bonds. The highest BCUT2D eigenvalue weighted by Gasteiger charge is 2.46. The van der Waals surface area contributed by atoms with Crippen molar-refractivity contribution in [3.8, 4) is 11.1 Å². The van der Waals surface area contributed by atoms with E-state index in [9.17, 15) is 14.4 Å². The summed E-state index contributed by atoms with van der Waals surface area (Å²) in [5.41, 5.74) is 3.72. The summed E-state index contributed by atoms with van der Waals surface area (Å²) >= 11 is 1.36. The number of hydrogen-bond acceptors (Lipinski definition) is 7. The predicted octanol–water partition coefficient (Wildman–Crippen LogP) is 7.00. The van der Waals surface area contributed by atoms with E-state index in [4.69, 9.17) is 4.74 Å². The monoisotopic (exact) mass is 676 g/mol. The van der Waals surface area contributed by atoms with E-state index >= 15 is 0 Å². The second-order valence-corrected chi connectivity index (χ2v) is 15.3. The van der Waals surface area contributed by atoms with Crippen LogP contribution in [0.25, 0.3) is 11.1 Å². The van der Waals surface area contributed by atoms with Gasteiger partial charge in [0.05, 0.1) is 18.0 Å². The Hall–Kier alpha value is -3.80. The van der Waals surface area contributed by atoms with Crippen LogP contribution in [0.3, 0.4) is 0 Å². The van der Waals surface area contributed by atoms with E-state index in [0.29, 0.717) is 42.6 Å². The fraction of sp³-hybridized carbons (Fsp3) is 0.514. The molecule has 4 rings (SSSR count). The summed E-state index contributed by atoms with van der Waals surface area (Å²) in [6, 6.07) is 11.3. The van der Waals surface area contributed by atoms with Gasteiger partial charge in [0.2, 0.25) is 5.91 Å². The molecule has 0 spiro atoms. The molecule has 48 heavy (non-hydrogen) atoms. The number of carbonyl (C=O) groups is 3. The van der Waals surface area contributed by atoms with Crippen molar-refractivity contribution in [1.82, 2.24) is 19.7 Å². The maximum Gasteiger partial charge on any atom is 0.323 e. The van der Waals surface area contributed by atoms with E-state index in [1.165, 1.54) is 11.3 Å². The van der Waals surface area contributed by atoms with Crippen molar-refractivity contribution in [3.05, 3.63) is 63.6 Å². The Morgan fingerprint density at radius 2 is 1.83 bits per heavy atom. The van der Waals surface area contributed by atoms with Crippen LogP contribution in [0.1, 0.15) is 81.2 Å². The van der Waals surface area contributed by atoms with E-state index < -0.39 is 11.6 Å². The number of carbonyl (C=O) groups excluding carboxylic acids is 3. The zero-order valence-electron chi connectivity index (χ0n) is 30.2. The summed E-state index contributed by atoms with van der Waals surface area (Å²) in [5.74, 6) is -0.344. The molecule has 0 bridgehead atoms. The third kappa shape index (κ3) is 8.61. The van der Waals surface area contributed by atoms with Crippen LogP contribution in [0.5, 0.6) is 0 Å². The van der Waals surface area contributed by atoms with Gasteiger partial charge in [-0.15, -0.1) is 11.3 Å². The van der Waals surface area contributed by atoms with E-state index in [2.05, 4.69) is 47.4 Å². The lowest BCUT2D eigenvalue weighted by Gasteiger charge is -2.47. The molecule has 2 aromatic heterocycles. The third-order valence-corrected chi connectivity index (χ3v) is 10.2. The molecule has 10 nitrogen and oxygen atoms in total. The van der Waals surface area contributed by atoms with Gasteiger partial charge in [-0.05, 0) is 89.4 Å². The van der Waals surface area contributed by atoms with Crippen LogP contribution in [0.15, 0.2) is 42.6 Å². The van der Waals surface area contributed by atoms with Crippen molar-refractivity contribution in [1.29, 1.82) is 0 Å². The SMILES string of the molecule is CCOCCN(C)Cc1ccc(-c2cc(NC(=O)Nc3cc(C(C)(C)C)sc3C(=O)N3CCN(C(C)C)C(=O)C3(C)C)ccc2C)cn1. The van der Waals surface area contributed by atoms with Gasteiger partial charge in [0, 0.05) is 61.2 Å². The second-order valence-electron chi connectivity index (χ2n) is 14.3. The molecule has 1 aromatic carbocycles. The second kappa shape index (κ2) is 15.2. The molecule has 1 saturated heterocycles. The Morgan fingerprint density at radius 3 is 2.46 bits per heavy atom. The van der Waals surface area contributed by atoms with Crippen LogP contribution in [0.4, 0.5) is 16.2 Å². The first-order valence-electron chi connectivity index (χ1n) is 16.7. The fourth-order valence-corrected chi connectivity index (χ4v) is 6.85. The molecule has 2 N–H and O–H groups in total. The van der Waals surface area contributed by atoms with Crippen molar-refractivity contribution in [2.24, 2.45) is 0 Å². The van der Waals surface area contributed by atoms with Crippen molar-refractivity contribution < 1.29 is 19.1 Å². The van der Waals surface area contributed by atoms with Crippen LogP contribution in [-0.2, 0) is 21.5 Å². The lowest BCUT2D eigenvalue weighted by atomic mass is 9.94. The summed E-state index contributed by atoms with van der Waals surface area (Å²) in [7, 11) is 2.05. The summed E-state index contributed by atoms with van der Waals surface area (Å²) in [5, 5.41) is 5.90. The minimum Gasteiger partial charge on any atom is -0.380 e. The Bertz CT molecular complexity index is 1610. The van der Waals surface area contributed by atoms with Gasteiger partial charge in [-0.3, -0.25) is 19.5 Å². The molecule has 3 heterocycles. The van der Waals surface area contributed by atoms with E-state index in [1.807, 2.05) is 76.2 Å². The number of urea groups is 1. The average molecular weight is 677 g/mol. The quantitative estimate of drug-likeness (QED) is 0.212. The maximum atomic E-state index is 14.1. The van der Waals surface area contributed by atoms with Gasteiger partial charge in [-0.2, -0.15) is 0 Å². The summed E-state index contributed by atoms with van der Waals surface area (Å²) < 4.78 is 5.45. The van der Waals surface area contributed by atoms with Gasteiger partial charge in [0.15, 0.2) is 0 Å². The fourth-order valence-electron chi connectivity index (χ4n) is 5.73. The number of piperazine rings is 1. The number of hydrogen-bond donors (Lipinski definition) is 2. The minimum atomic E-state index is -1.02. The number of likely N-dealkylation sites (N-methyl/N-ethyl adjacent to an activating group) is 1. The molecular formula is C37H52N6O4S. The molecule has 1 aliphatic heterocycles. The zero-order valence-corrected chi connectivity index (χ0v) is 31.0. The van der Waals surface area contributed by atoms with Crippen LogP contribution in [-0.4, -0.2) is 89.0 Å².